The number of Topliss-reactive ketones (excluding diaryl/α,β-unsaturated/α-hetero) is 1. The number of primary amides is 1. The van der Waals surface area contributed by atoms with Crippen LogP contribution in [0.3, 0.4) is 0 Å². The molecule has 1 aliphatic carbocycles. The zero-order chi connectivity index (χ0) is 10.4. The van der Waals surface area contributed by atoms with Crippen LogP contribution in [0.25, 0.3) is 0 Å². The highest BCUT2D eigenvalue weighted by atomic mass is 16.2. The summed E-state index contributed by atoms with van der Waals surface area (Å²) in [5.74, 6) is 0.326. The predicted octanol–water partition coefficient (Wildman–Crippen LogP) is 0.934. The molecule has 1 rings (SSSR count). The van der Waals surface area contributed by atoms with Crippen molar-refractivity contribution in [2.24, 2.45) is 10.8 Å². The van der Waals surface area contributed by atoms with E-state index >= 15 is 0 Å². The first kappa shape index (κ1) is 10.7. The van der Waals surface area contributed by atoms with Crippen LogP contribution in [0.2, 0.25) is 0 Å². The summed E-state index contributed by atoms with van der Waals surface area (Å²) in [6, 6.07) is -0.643. The van der Waals surface area contributed by atoms with Gasteiger partial charge in [-0.2, -0.15) is 5.10 Å². The highest BCUT2D eigenvalue weighted by Gasteiger charge is 2.10. The molecule has 2 amide bonds. The number of hydrogen-bond donors (Lipinski definition) is 2. The van der Waals surface area contributed by atoms with Crippen molar-refractivity contribution < 1.29 is 9.59 Å². The van der Waals surface area contributed by atoms with Crippen molar-refractivity contribution in [1.82, 2.24) is 5.43 Å². The number of ketones is 1. The molecule has 1 fully saturated rings. The van der Waals surface area contributed by atoms with Crippen LogP contribution in [0.15, 0.2) is 5.10 Å². The average molecular weight is 197 g/mol. The van der Waals surface area contributed by atoms with Gasteiger partial charge in [-0.15, -0.1) is 0 Å². The van der Waals surface area contributed by atoms with Gasteiger partial charge in [0.25, 0.3) is 0 Å². The average Bonchev–Trinajstić information content (AvgIpc) is 2.08. The Morgan fingerprint density at radius 2 is 1.79 bits per heavy atom. The first-order valence-electron chi connectivity index (χ1n) is 4.81. The first-order valence-corrected chi connectivity index (χ1v) is 4.81. The van der Waals surface area contributed by atoms with Crippen molar-refractivity contribution in [2.45, 2.75) is 38.5 Å². The fourth-order valence-corrected chi connectivity index (χ4v) is 1.48. The molecule has 0 aromatic carbocycles. The number of carbonyl (C=O) groups excluding carboxylic acids is 2. The van der Waals surface area contributed by atoms with E-state index in [4.69, 9.17) is 5.73 Å². The number of hydrazone groups is 1. The number of rotatable bonds is 1. The Bertz CT molecular complexity index is 247. The third-order valence-electron chi connectivity index (χ3n) is 2.17. The lowest BCUT2D eigenvalue weighted by atomic mass is 9.98. The molecule has 0 radical (unpaired) electrons. The number of nitrogens with zero attached hydrogens (tertiary/aromatic N) is 1. The van der Waals surface area contributed by atoms with E-state index in [1.807, 2.05) is 0 Å². The molecule has 0 aliphatic heterocycles. The topological polar surface area (TPSA) is 84.6 Å². The summed E-state index contributed by atoms with van der Waals surface area (Å²) >= 11 is 0. The van der Waals surface area contributed by atoms with Gasteiger partial charge in [-0.1, -0.05) is 0 Å². The zero-order valence-electron chi connectivity index (χ0n) is 8.08. The summed E-state index contributed by atoms with van der Waals surface area (Å²) in [6.07, 6.45) is 4.42. The fraction of sp³-hybridized carbons (Fsp3) is 0.667. The minimum absolute atomic E-state index is 0.326. The Kier molecular flexibility index (Phi) is 4.10. The number of amides is 2. The second-order valence-electron chi connectivity index (χ2n) is 3.40. The van der Waals surface area contributed by atoms with Crippen LogP contribution in [-0.4, -0.2) is 17.5 Å². The van der Waals surface area contributed by atoms with Crippen LogP contribution < -0.4 is 11.2 Å². The summed E-state index contributed by atoms with van der Waals surface area (Å²) in [5.41, 5.74) is 8.03. The Balaban J connectivity index is 2.42. The van der Waals surface area contributed by atoms with Gasteiger partial charge in [-0.05, 0) is 25.7 Å². The highest BCUT2D eigenvalue weighted by Crippen LogP contribution is 2.12. The Morgan fingerprint density at radius 3 is 2.29 bits per heavy atom. The molecule has 5 heteroatoms. The molecule has 0 heterocycles. The van der Waals surface area contributed by atoms with Crippen LogP contribution in [0.4, 0.5) is 4.79 Å². The second kappa shape index (κ2) is 5.36. The molecule has 0 bridgehead atoms. The number of carbonyl (C=O) groups is 2. The van der Waals surface area contributed by atoms with Gasteiger partial charge in [-0.25, -0.2) is 10.2 Å². The van der Waals surface area contributed by atoms with Crippen molar-refractivity contribution in [2.75, 3.05) is 0 Å². The monoisotopic (exact) mass is 197 g/mol. The maximum atomic E-state index is 11.1. The number of nitrogens with two attached hydrogens (primary N) is 1. The van der Waals surface area contributed by atoms with Gasteiger partial charge >= 0.3 is 6.03 Å². The minimum atomic E-state index is -0.643. The molecule has 3 N–H and O–H groups in total. The SMILES string of the molecule is NC(=O)NN=C1CCCC(=O)CCC1. The molecule has 0 saturated heterocycles. The summed E-state index contributed by atoms with van der Waals surface area (Å²) in [5, 5.41) is 3.89. The van der Waals surface area contributed by atoms with Crippen molar-refractivity contribution in [3.8, 4) is 0 Å². The van der Waals surface area contributed by atoms with E-state index in [0.717, 1.165) is 31.4 Å². The van der Waals surface area contributed by atoms with Crippen LogP contribution >= 0.6 is 0 Å². The fourth-order valence-electron chi connectivity index (χ4n) is 1.48. The van der Waals surface area contributed by atoms with Crippen molar-refractivity contribution in [3.63, 3.8) is 0 Å². The summed E-state index contributed by atoms with van der Waals surface area (Å²) in [7, 11) is 0. The smallest absolute Gasteiger partial charge is 0.332 e. The molecule has 1 aliphatic rings. The van der Waals surface area contributed by atoms with Gasteiger partial charge in [0.2, 0.25) is 0 Å². The summed E-state index contributed by atoms with van der Waals surface area (Å²) in [4.78, 5) is 21.5. The second-order valence-corrected chi connectivity index (χ2v) is 3.40. The zero-order valence-corrected chi connectivity index (χ0v) is 8.08. The van der Waals surface area contributed by atoms with Crippen molar-refractivity contribution >= 4 is 17.5 Å². The normalized spacial score (nSPS) is 18.3. The molecule has 0 atom stereocenters. The standard InChI is InChI=1S/C9H15N3O2/c10-9(14)12-11-7-3-1-5-8(13)6-2-4-7/h1-6H2,(H3,10,12,14). The first-order chi connectivity index (χ1) is 6.68. The quantitative estimate of drug-likeness (QED) is 0.613. The molecular weight excluding hydrogens is 182 g/mol. The van der Waals surface area contributed by atoms with Crippen LogP contribution in [0.5, 0.6) is 0 Å². The van der Waals surface area contributed by atoms with Gasteiger partial charge < -0.3 is 5.73 Å². The lowest BCUT2D eigenvalue weighted by molar-refractivity contribution is -0.119. The summed E-state index contributed by atoms with van der Waals surface area (Å²) in [6.45, 7) is 0. The number of nitrogens with one attached hydrogen (secondary N) is 1. The van der Waals surface area contributed by atoms with Crippen LogP contribution in [0, 0.1) is 0 Å². The number of hydrogen-bond acceptors (Lipinski definition) is 3. The lowest BCUT2D eigenvalue weighted by Crippen LogP contribution is -2.26. The molecule has 14 heavy (non-hydrogen) atoms. The van der Waals surface area contributed by atoms with Gasteiger partial charge in [0.05, 0.1) is 0 Å². The Hall–Kier alpha value is -1.39. The molecular formula is C9H15N3O2. The van der Waals surface area contributed by atoms with Crippen LogP contribution in [-0.2, 0) is 4.79 Å². The van der Waals surface area contributed by atoms with E-state index in [2.05, 4.69) is 10.5 Å². The molecule has 1 saturated carbocycles. The molecule has 5 nitrogen and oxygen atoms in total. The Labute approximate surface area is 82.7 Å². The highest BCUT2D eigenvalue weighted by molar-refractivity contribution is 5.88. The predicted molar refractivity (Wildman–Crippen MR) is 52.9 cm³/mol. The molecule has 0 unspecified atom stereocenters. The van der Waals surface area contributed by atoms with Gasteiger partial charge in [0.15, 0.2) is 0 Å². The van der Waals surface area contributed by atoms with E-state index in [1.54, 1.807) is 0 Å². The minimum Gasteiger partial charge on any atom is -0.350 e. The molecule has 0 spiro atoms. The van der Waals surface area contributed by atoms with Crippen molar-refractivity contribution in [1.29, 1.82) is 0 Å². The molecule has 78 valence electrons. The maximum absolute atomic E-state index is 11.1. The van der Waals surface area contributed by atoms with Crippen LogP contribution in [0.1, 0.15) is 38.5 Å². The molecule has 0 aromatic heterocycles. The van der Waals surface area contributed by atoms with Gasteiger partial charge in [0.1, 0.15) is 5.78 Å². The van der Waals surface area contributed by atoms with E-state index in [0.29, 0.717) is 18.6 Å². The lowest BCUT2D eigenvalue weighted by Gasteiger charge is -2.09. The largest absolute Gasteiger partial charge is 0.350 e. The van der Waals surface area contributed by atoms with E-state index in [9.17, 15) is 9.59 Å². The third kappa shape index (κ3) is 4.02. The Morgan fingerprint density at radius 1 is 1.21 bits per heavy atom. The van der Waals surface area contributed by atoms with Crippen molar-refractivity contribution in [3.05, 3.63) is 0 Å². The van der Waals surface area contributed by atoms with E-state index in [1.165, 1.54) is 0 Å². The van der Waals surface area contributed by atoms with Gasteiger partial charge in [0, 0.05) is 18.6 Å². The third-order valence-corrected chi connectivity index (χ3v) is 2.17. The molecule has 0 aromatic rings. The van der Waals surface area contributed by atoms with E-state index in [-0.39, 0.29) is 0 Å². The summed E-state index contributed by atoms with van der Waals surface area (Å²) < 4.78 is 0. The number of urea groups is 1. The van der Waals surface area contributed by atoms with E-state index < -0.39 is 6.03 Å². The van der Waals surface area contributed by atoms with Gasteiger partial charge in [-0.3, -0.25) is 4.79 Å². The maximum Gasteiger partial charge on any atom is 0.332 e.